The van der Waals surface area contributed by atoms with Gasteiger partial charge >= 0.3 is 0 Å². The second-order valence-corrected chi connectivity index (χ2v) is 4.37. The summed E-state index contributed by atoms with van der Waals surface area (Å²) < 4.78 is 5.13. The molecular weight excluding hydrogens is 198 g/mol. The Hall–Kier alpha value is -1.81. The molecule has 0 aromatic heterocycles. The maximum atomic E-state index is 11.0. The fraction of sp³-hybridized carbons (Fsp3) is 0.556. The first kappa shape index (κ1) is 11.3. The highest BCUT2D eigenvalue weighted by Crippen LogP contribution is 2.23. The number of rotatable bonds is 3. The van der Waals surface area contributed by atoms with E-state index in [-0.39, 0.29) is 23.5 Å². The van der Waals surface area contributed by atoms with Crippen molar-refractivity contribution >= 4 is 5.69 Å². The Labute approximate surface area is 85.8 Å². The highest BCUT2D eigenvalue weighted by molar-refractivity contribution is 5.57. The van der Waals surface area contributed by atoms with Crippen LogP contribution >= 0.6 is 0 Å². The summed E-state index contributed by atoms with van der Waals surface area (Å²) in [7, 11) is 0. The fourth-order valence-electron chi connectivity index (χ4n) is 0.917. The van der Waals surface area contributed by atoms with Gasteiger partial charge in [0.15, 0.2) is 5.75 Å². The molecule has 1 rings (SSSR count). The molecular formula is C9H11N3O3. The van der Waals surface area contributed by atoms with Crippen molar-refractivity contribution < 1.29 is 4.74 Å². The third-order valence-corrected chi connectivity index (χ3v) is 1.64. The summed E-state index contributed by atoms with van der Waals surface area (Å²) >= 11 is 0. The van der Waals surface area contributed by atoms with E-state index in [0.29, 0.717) is 0 Å². The molecule has 0 spiro atoms. The van der Waals surface area contributed by atoms with Crippen molar-refractivity contribution in [2.75, 3.05) is 6.61 Å². The average molecular weight is 209 g/mol. The lowest BCUT2D eigenvalue weighted by molar-refractivity contribution is 0.195. The standard InChI is InChI=1S/C9H11N3O3/c1-9(2,3)4-15-8-5(11-12-10)6(13)7(8)14/h4H2,1-3H3. The monoisotopic (exact) mass is 209 g/mol. The Balaban J connectivity index is 2.88. The first-order valence-corrected chi connectivity index (χ1v) is 4.38. The van der Waals surface area contributed by atoms with Gasteiger partial charge in [-0.15, -0.1) is 0 Å². The van der Waals surface area contributed by atoms with E-state index in [1.807, 2.05) is 20.8 Å². The van der Waals surface area contributed by atoms with Gasteiger partial charge in [-0.25, -0.2) is 0 Å². The lowest BCUT2D eigenvalue weighted by Gasteiger charge is -2.19. The zero-order valence-corrected chi connectivity index (χ0v) is 8.77. The Bertz CT molecular complexity index is 485. The average Bonchev–Trinajstić information content (AvgIpc) is 2.14. The molecule has 0 unspecified atom stereocenters. The smallest absolute Gasteiger partial charge is 0.268 e. The molecule has 6 heteroatoms. The predicted octanol–water partition coefficient (Wildman–Crippen LogP) is 1.65. The van der Waals surface area contributed by atoms with E-state index in [4.69, 9.17) is 10.3 Å². The normalized spacial score (nSPS) is 11.1. The highest BCUT2D eigenvalue weighted by atomic mass is 16.5. The fourth-order valence-corrected chi connectivity index (χ4v) is 0.917. The molecule has 0 saturated carbocycles. The summed E-state index contributed by atoms with van der Waals surface area (Å²) in [6.07, 6.45) is 0. The van der Waals surface area contributed by atoms with E-state index < -0.39 is 10.9 Å². The van der Waals surface area contributed by atoms with E-state index in [0.717, 1.165) is 0 Å². The molecule has 0 atom stereocenters. The van der Waals surface area contributed by atoms with Gasteiger partial charge in [-0.1, -0.05) is 25.9 Å². The Morgan fingerprint density at radius 1 is 1.33 bits per heavy atom. The maximum Gasteiger partial charge on any atom is 0.268 e. The van der Waals surface area contributed by atoms with E-state index >= 15 is 0 Å². The van der Waals surface area contributed by atoms with Crippen molar-refractivity contribution in [2.45, 2.75) is 20.8 Å². The molecule has 0 saturated heterocycles. The van der Waals surface area contributed by atoms with Gasteiger partial charge in [-0.2, -0.15) is 0 Å². The zero-order chi connectivity index (χ0) is 11.6. The lowest BCUT2D eigenvalue weighted by Crippen LogP contribution is -2.33. The van der Waals surface area contributed by atoms with Crippen LogP contribution < -0.4 is 15.6 Å². The predicted molar refractivity (Wildman–Crippen MR) is 55.1 cm³/mol. The highest BCUT2D eigenvalue weighted by Gasteiger charge is 2.23. The van der Waals surface area contributed by atoms with Crippen LogP contribution in [0.4, 0.5) is 5.69 Å². The van der Waals surface area contributed by atoms with Gasteiger partial charge in [0.1, 0.15) is 5.69 Å². The number of azide groups is 1. The van der Waals surface area contributed by atoms with E-state index in [1.54, 1.807) is 0 Å². The second kappa shape index (κ2) is 3.74. The van der Waals surface area contributed by atoms with Crippen molar-refractivity contribution in [1.82, 2.24) is 0 Å². The van der Waals surface area contributed by atoms with Crippen molar-refractivity contribution in [3.63, 3.8) is 0 Å². The van der Waals surface area contributed by atoms with Crippen LogP contribution in [0.5, 0.6) is 5.75 Å². The van der Waals surface area contributed by atoms with Crippen molar-refractivity contribution in [2.24, 2.45) is 10.5 Å². The van der Waals surface area contributed by atoms with E-state index in [9.17, 15) is 9.59 Å². The molecule has 1 aromatic rings. The third-order valence-electron chi connectivity index (χ3n) is 1.64. The minimum absolute atomic E-state index is 0.118. The van der Waals surface area contributed by atoms with Crippen LogP contribution in [0.3, 0.4) is 0 Å². The van der Waals surface area contributed by atoms with Gasteiger partial charge in [-0.3, -0.25) is 9.59 Å². The SMILES string of the molecule is CC(C)(C)COc1c(N=[N+]=[N-])c(=O)c1=O. The summed E-state index contributed by atoms with van der Waals surface area (Å²) in [6, 6.07) is 0. The zero-order valence-electron chi connectivity index (χ0n) is 8.77. The molecule has 0 aliphatic heterocycles. The number of hydrogen-bond acceptors (Lipinski definition) is 4. The Morgan fingerprint density at radius 2 is 1.93 bits per heavy atom. The third kappa shape index (κ3) is 2.35. The first-order chi connectivity index (χ1) is 6.87. The molecule has 0 radical (unpaired) electrons. The minimum Gasteiger partial charge on any atom is -0.488 e. The summed E-state index contributed by atoms with van der Waals surface area (Å²) in [4.78, 5) is 24.4. The van der Waals surface area contributed by atoms with Crippen LogP contribution in [0.15, 0.2) is 14.7 Å². The van der Waals surface area contributed by atoms with Gasteiger partial charge in [0, 0.05) is 4.91 Å². The van der Waals surface area contributed by atoms with Gasteiger partial charge in [-0.05, 0) is 10.9 Å². The van der Waals surface area contributed by atoms with Crippen LogP contribution in [0.2, 0.25) is 0 Å². The van der Waals surface area contributed by atoms with Crippen LogP contribution in [0.25, 0.3) is 10.4 Å². The van der Waals surface area contributed by atoms with Crippen LogP contribution in [0, 0.1) is 5.41 Å². The first-order valence-electron chi connectivity index (χ1n) is 4.38. The number of hydrogen-bond donors (Lipinski definition) is 0. The van der Waals surface area contributed by atoms with Crippen LogP contribution in [0.1, 0.15) is 20.8 Å². The molecule has 1 aromatic carbocycles. The number of nitrogens with zero attached hydrogens (tertiary/aromatic N) is 3. The van der Waals surface area contributed by atoms with Crippen LogP contribution in [-0.4, -0.2) is 6.61 Å². The summed E-state index contributed by atoms with van der Waals surface area (Å²) in [5.74, 6) is -0.118. The van der Waals surface area contributed by atoms with Crippen molar-refractivity contribution in [3.8, 4) is 5.75 Å². The minimum atomic E-state index is -0.781. The van der Waals surface area contributed by atoms with Crippen molar-refractivity contribution in [3.05, 3.63) is 30.9 Å². The largest absolute Gasteiger partial charge is 0.488 e. The van der Waals surface area contributed by atoms with E-state index in [2.05, 4.69) is 10.0 Å². The van der Waals surface area contributed by atoms with Gasteiger partial charge in [0.25, 0.3) is 5.43 Å². The second-order valence-electron chi connectivity index (χ2n) is 4.37. The van der Waals surface area contributed by atoms with Gasteiger partial charge in [0.05, 0.1) is 6.61 Å². The molecule has 0 aliphatic carbocycles. The molecule has 0 bridgehead atoms. The summed E-state index contributed by atoms with van der Waals surface area (Å²) in [5, 5.41) is 3.11. The van der Waals surface area contributed by atoms with Crippen LogP contribution in [-0.2, 0) is 0 Å². The molecule has 0 fully saturated rings. The molecule has 0 heterocycles. The van der Waals surface area contributed by atoms with E-state index in [1.165, 1.54) is 0 Å². The molecule has 80 valence electrons. The maximum absolute atomic E-state index is 11.0. The molecule has 15 heavy (non-hydrogen) atoms. The Morgan fingerprint density at radius 3 is 2.40 bits per heavy atom. The molecule has 0 amide bonds. The lowest BCUT2D eigenvalue weighted by atomic mass is 9.98. The van der Waals surface area contributed by atoms with Crippen molar-refractivity contribution in [1.29, 1.82) is 0 Å². The Kier molecular flexibility index (Phi) is 2.81. The van der Waals surface area contributed by atoms with Gasteiger partial charge < -0.3 is 4.74 Å². The number of ether oxygens (including phenoxy) is 1. The molecule has 0 N–H and O–H groups in total. The quantitative estimate of drug-likeness (QED) is 0.328. The molecule has 0 aliphatic rings. The van der Waals surface area contributed by atoms with Gasteiger partial charge in [0.2, 0.25) is 5.43 Å². The molecule has 6 nitrogen and oxygen atoms in total. The topological polar surface area (TPSA) is 92.1 Å². The summed E-state index contributed by atoms with van der Waals surface area (Å²) in [6.45, 7) is 6.05. The summed E-state index contributed by atoms with van der Waals surface area (Å²) in [5.41, 5.74) is 6.31.